The van der Waals surface area contributed by atoms with Crippen molar-refractivity contribution in [2.45, 2.75) is 10.6 Å². The van der Waals surface area contributed by atoms with Crippen molar-refractivity contribution in [2.75, 3.05) is 31.6 Å². The van der Waals surface area contributed by atoms with Gasteiger partial charge < -0.3 is 15.8 Å². The first-order chi connectivity index (χ1) is 11.9. The van der Waals surface area contributed by atoms with Gasteiger partial charge in [-0.3, -0.25) is 9.59 Å². The predicted octanol–water partition coefficient (Wildman–Crippen LogP) is 0.693. The number of hydrogen-bond acceptors (Lipinski definition) is 6. The number of ether oxygens (including phenoxy) is 1. The number of amides is 2. The van der Waals surface area contributed by atoms with Gasteiger partial charge in [0.1, 0.15) is 9.21 Å². The molecule has 0 spiro atoms. The second-order valence-corrected chi connectivity index (χ2v) is 8.68. The molecular formula is C15H17N3O5S2. The van der Waals surface area contributed by atoms with Gasteiger partial charge in [0.15, 0.2) is 0 Å². The molecule has 2 aliphatic rings. The molecule has 0 bridgehead atoms. The molecular weight excluding hydrogens is 366 g/mol. The van der Waals surface area contributed by atoms with E-state index in [2.05, 4.69) is 5.32 Å². The molecule has 3 rings (SSSR count). The van der Waals surface area contributed by atoms with E-state index in [4.69, 9.17) is 10.5 Å². The largest absolute Gasteiger partial charge is 0.379 e. The minimum Gasteiger partial charge on any atom is -0.379 e. The molecule has 8 nitrogen and oxygen atoms in total. The van der Waals surface area contributed by atoms with Gasteiger partial charge in [-0.15, -0.1) is 11.3 Å². The van der Waals surface area contributed by atoms with Crippen molar-refractivity contribution in [2.24, 2.45) is 5.73 Å². The zero-order valence-corrected chi connectivity index (χ0v) is 14.9. The molecule has 1 saturated heterocycles. The number of carbonyl (C=O) groups excluding carboxylic acids is 2. The van der Waals surface area contributed by atoms with E-state index in [-0.39, 0.29) is 33.8 Å². The van der Waals surface area contributed by atoms with E-state index in [9.17, 15) is 18.0 Å². The van der Waals surface area contributed by atoms with E-state index in [1.807, 2.05) is 6.08 Å². The lowest BCUT2D eigenvalue weighted by molar-refractivity contribution is -0.112. The summed E-state index contributed by atoms with van der Waals surface area (Å²) < 4.78 is 31.8. The molecule has 2 heterocycles. The highest BCUT2D eigenvalue weighted by molar-refractivity contribution is 7.91. The molecule has 0 atom stereocenters. The Morgan fingerprint density at radius 3 is 2.60 bits per heavy atom. The van der Waals surface area contributed by atoms with Crippen molar-refractivity contribution >= 4 is 38.2 Å². The lowest BCUT2D eigenvalue weighted by atomic mass is 10.2. The maximum absolute atomic E-state index is 12.7. The third kappa shape index (κ3) is 3.66. The van der Waals surface area contributed by atoms with Gasteiger partial charge in [0, 0.05) is 18.7 Å². The van der Waals surface area contributed by atoms with Crippen molar-refractivity contribution < 1.29 is 22.7 Å². The Hall–Kier alpha value is -2.01. The second-order valence-electron chi connectivity index (χ2n) is 5.47. The Kier molecular flexibility index (Phi) is 5.04. The van der Waals surface area contributed by atoms with Crippen molar-refractivity contribution in [3.05, 3.63) is 35.4 Å². The third-order valence-electron chi connectivity index (χ3n) is 3.83. The van der Waals surface area contributed by atoms with Gasteiger partial charge in [-0.2, -0.15) is 4.31 Å². The standard InChI is InChI=1S/C15H17N3O5S2/c16-13(19)11-9-12(25(21,22)18-5-7-23-8-6-18)24-15(11)17-14(20)10-3-1-2-4-10/h1-3,9H,4-8H2,(H2,16,19)(H,17,20). The summed E-state index contributed by atoms with van der Waals surface area (Å²) in [6.45, 7) is 1.12. The Labute approximate surface area is 149 Å². The van der Waals surface area contributed by atoms with Crippen molar-refractivity contribution in [3.8, 4) is 0 Å². The van der Waals surface area contributed by atoms with Gasteiger partial charge in [0.25, 0.3) is 21.8 Å². The number of rotatable bonds is 5. The number of nitrogens with two attached hydrogens (primary N) is 1. The first kappa shape index (κ1) is 17.8. The van der Waals surface area contributed by atoms with Crippen LogP contribution in [-0.4, -0.2) is 50.8 Å². The summed E-state index contributed by atoms with van der Waals surface area (Å²) in [6, 6.07) is 1.22. The quantitative estimate of drug-likeness (QED) is 0.775. The summed E-state index contributed by atoms with van der Waals surface area (Å²) in [5, 5.41) is 2.73. The fourth-order valence-corrected chi connectivity index (χ4v) is 5.41. The van der Waals surface area contributed by atoms with Gasteiger partial charge >= 0.3 is 0 Å². The van der Waals surface area contributed by atoms with E-state index in [0.717, 1.165) is 11.3 Å². The number of nitrogens with zero attached hydrogens (tertiary/aromatic N) is 1. The predicted molar refractivity (Wildman–Crippen MR) is 92.9 cm³/mol. The fourth-order valence-electron chi connectivity index (χ4n) is 2.48. The SMILES string of the molecule is NC(=O)c1cc(S(=O)(=O)N2CCOCC2)sc1NC(=O)C1=CC=CC1. The van der Waals surface area contributed by atoms with E-state index >= 15 is 0 Å². The zero-order valence-electron chi connectivity index (χ0n) is 13.2. The van der Waals surface area contributed by atoms with Crippen LogP contribution in [0.1, 0.15) is 16.8 Å². The van der Waals surface area contributed by atoms with Crippen LogP contribution in [0.25, 0.3) is 0 Å². The summed E-state index contributed by atoms with van der Waals surface area (Å²) in [5.74, 6) is -1.18. The van der Waals surface area contributed by atoms with Crippen molar-refractivity contribution in [3.63, 3.8) is 0 Å². The first-order valence-electron chi connectivity index (χ1n) is 7.58. The van der Waals surface area contributed by atoms with E-state index < -0.39 is 15.9 Å². The van der Waals surface area contributed by atoms with Crippen LogP contribution >= 0.6 is 11.3 Å². The highest BCUT2D eigenvalue weighted by Crippen LogP contribution is 2.33. The number of nitrogens with one attached hydrogen (secondary N) is 1. The normalized spacial score (nSPS) is 18.2. The molecule has 0 radical (unpaired) electrons. The number of thiophene rings is 1. The molecule has 10 heteroatoms. The van der Waals surface area contributed by atoms with E-state index in [1.54, 1.807) is 12.2 Å². The molecule has 0 saturated carbocycles. The van der Waals surface area contributed by atoms with Crippen LogP contribution in [0.15, 0.2) is 34.1 Å². The van der Waals surface area contributed by atoms with Crippen LogP contribution in [0, 0.1) is 0 Å². The molecule has 0 aromatic carbocycles. The number of anilines is 1. The minimum absolute atomic E-state index is 0.0169. The molecule has 1 aromatic heterocycles. The van der Waals surface area contributed by atoms with E-state index in [0.29, 0.717) is 25.2 Å². The van der Waals surface area contributed by atoms with Gasteiger partial charge in [-0.25, -0.2) is 8.42 Å². The molecule has 1 fully saturated rings. The Bertz CT molecular complexity index is 864. The van der Waals surface area contributed by atoms with Crippen LogP contribution in [0.5, 0.6) is 0 Å². The second kappa shape index (κ2) is 7.08. The van der Waals surface area contributed by atoms with Gasteiger partial charge in [0.2, 0.25) is 0 Å². The van der Waals surface area contributed by atoms with Crippen LogP contribution in [0.4, 0.5) is 5.00 Å². The summed E-state index contributed by atoms with van der Waals surface area (Å²) >= 11 is 0.825. The molecule has 3 N–H and O–H groups in total. The minimum atomic E-state index is -3.77. The molecule has 25 heavy (non-hydrogen) atoms. The highest BCUT2D eigenvalue weighted by Gasteiger charge is 2.30. The Balaban J connectivity index is 1.89. The first-order valence-corrected chi connectivity index (χ1v) is 9.84. The van der Waals surface area contributed by atoms with Crippen LogP contribution in [0.2, 0.25) is 0 Å². The number of sulfonamides is 1. The summed E-state index contributed by atoms with van der Waals surface area (Å²) in [4.78, 5) is 23.9. The molecule has 1 aliphatic carbocycles. The fraction of sp³-hybridized carbons (Fsp3) is 0.333. The molecule has 1 aromatic rings. The van der Waals surface area contributed by atoms with E-state index in [1.165, 1.54) is 10.4 Å². The number of carbonyl (C=O) groups is 2. The highest BCUT2D eigenvalue weighted by atomic mass is 32.2. The number of primary amides is 1. The van der Waals surface area contributed by atoms with Crippen LogP contribution < -0.4 is 11.1 Å². The molecule has 2 amide bonds. The molecule has 0 unspecified atom stereocenters. The van der Waals surface area contributed by atoms with Gasteiger partial charge in [-0.1, -0.05) is 18.2 Å². The Morgan fingerprint density at radius 1 is 1.28 bits per heavy atom. The van der Waals surface area contributed by atoms with Crippen molar-refractivity contribution in [1.29, 1.82) is 0 Å². The van der Waals surface area contributed by atoms with Crippen LogP contribution in [-0.2, 0) is 19.6 Å². The Morgan fingerprint density at radius 2 is 2.00 bits per heavy atom. The van der Waals surface area contributed by atoms with Crippen molar-refractivity contribution in [1.82, 2.24) is 4.31 Å². The third-order valence-corrected chi connectivity index (χ3v) is 7.23. The molecule has 1 aliphatic heterocycles. The summed E-state index contributed by atoms with van der Waals surface area (Å²) in [5.41, 5.74) is 5.85. The van der Waals surface area contributed by atoms with Crippen LogP contribution in [0.3, 0.4) is 0 Å². The lowest BCUT2D eigenvalue weighted by Crippen LogP contribution is -2.40. The maximum Gasteiger partial charge on any atom is 0.252 e. The number of allylic oxidation sites excluding steroid dienone is 3. The summed E-state index contributed by atoms with van der Waals surface area (Å²) in [7, 11) is -3.77. The topological polar surface area (TPSA) is 119 Å². The van der Waals surface area contributed by atoms with Gasteiger partial charge in [-0.05, 0) is 12.5 Å². The lowest BCUT2D eigenvalue weighted by Gasteiger charge is -2.25. The average molecular weight is 383 g/mol. The van der Waals surface area contributed by atoms with Gasteiger partial charge in [0.05, 0.1) is 18.8 Å². The zero-order chi connectivity index (χ0) is 18.0. The molecule has 134 valence electrons. The summed E-state index contributed by atoms with van der Waals surface area (Å²) in [6.07, 6.45) is 5.74. The smallest absolute Gasteiger partial charge is 0.252 e. The maximum atomic E-state index is 12.7. The number of hydrogen-bond donors (Lipinski definition) is 2. The monoisotopic (exact) mass is 383 g/mol. The number of morpholine rings is 1. The average Bonchev–Trinajstić information content (AvgIpc) is 3.25.